The van der Waals surface area contributed by atoms with Gasteiger partial charge in [0.05, 0.1) is 94.5 Å². The summed E-state index contributed by atoms with van der Waals surface area (Å²) in [5.41, 5.74) is 10.6. The molecular formula is C90H116F4N22O13. The van der Waals surface area contributed by atoms with Crippen molar-refractivity contribution in [2.24, 2.45) is 25.9 Å². The van der Waals surface area contributed by atoms with Gasteiger partial charge in [-0.1, -0.05) is 24.3 Å². The highest BCUT2D eigenvalue weighted by Gasteiger charge is 2.38. The number of ether oxygens (including phenoxy) is 4. The van der Waals surface area contributed by atoms with Gasteiger partial charge in [0.25, 0.3) is 18.8 Å². The molecule has 0 bridgehead atoms. The summed E-state index contributed by atoms with van der Waals surface area (Å²) in [7, 11) is 3.45. The summed E-state index contributed by atoms with van der Waals surface area (Å²) in [5.74, 6) is -0.545. The van der Waals surface area contributed by atoms with Crippen LogP contribution < -0.4 is 42.9 Å². The topological polar surface area (TPSA) is 385 Å². The number of nitrogens with zero attached hydrogens (tertiary/aromatic N) is 18. The Balaban J connectivity index is 0.000000161. The third-order valence-electron chi connectivity index (χ3n) is 26.7. The first-order chi connectivity index (χ1) is 62.1. The number of rotatable bonds is 25. The maximum Gasteiger partial charge on any atom is 0.341 e. The van der Waals surface area contributed by atoms with Crippen LogP contribution in [0.2, 0.25) is 0 Å². The molecule has 2 aromatic carbocycles. The molecule has 14 heterocycles. The monoisotopic (exact) mass is 1790 g/mol. The van der Waals surface area contributed by atoms with Crippen LogP contribution in [0.1, 0.15) is 224 Å². The summed E-state index contributed by atoms with van der Waals surface area (Å²) in [5, 5.41) is 33.2. The molecule has 18 rings (SSSR count). The molecule has 8 fully saturated rings. The highest BCUT2D eigenvalue weighted by molar-refractivity contribution is 6.08. The summed E-state index contributed by atoms with van der Waals surface area (Å²) in [6.45, 7) is 18.0. The Bertz CT molecular complexity index is 5800. The second-order valence-electron chi connectivity index (χ2n) is 36.0. The number of nitrogen functional groups attached to an aromatic ring is 1. The molecule has 0 spiro atoms. The van der Waals surface area contributed by atoms with Crippen molar-refractivity contribution >= 4 is 91.9 Å². The average molecular weight is 1790 g/mol. The third-order valence-corrected chi connectivity index (χ3v) is 26.7. The number of aromatic carboxylic acids is 1. The second kappa shape index (κ2) is 40.0. The van der Waals surface area contributed by atoms with Crippen molar-refractivity contribution in [1.82, 2.24) is 87.5 Å². The molecule has 8 aromatic heterocycles. The number of carbonyl (C=O) groups excluding carboxylic acids is 5. The van der Waals surface area contributed by atoms with E-state index in [2.05, 4.69) is 60.9 Å². The van der Waals surface area contributed by atoms with Crippen LogP contribution in [0.25, 0.3) is 33.4 Å². The zero-order valence-corrected chi connectivity index (χ0v) is 73.8. The molecule has 0 radical (unpaired) electrons. The number of carboxylic acids is 1. The maximum absolute atomic E-state index is 14.3. The maximum atomic E-state index is 14.3. The lowest BCUT2D eigenvalue weighted by Gasteiger charge is -2.36. The predicted molar refractivity (Wildman–Crippen MR) is 471 cm³/mol. The van der Waals surface area contributed by atoms with Gasteiger partial charge in [-0.2, -0.15) is 20.4 Å². The first-order valence-corrected chi connectivity index (χ1v) is 45.4. The number of nitrogens with one attached hydrogen (secondary N) is 3. The highest BCUT2D eigenvalue weighted by Crippen LogP contribution is 2.39. The van der Waals surface area contributed by atoms with Gasteiger partial charge in [-0.3, -0.25) is 62.2 Å². The van der Waals surface area contributed by atoms with E-state index in [0.29, 0.717) is 79.1 Å². The molecule has 2 unspecified atom stereocenters. The Labute approximate surface area is 741 Å². The van der Waals surface area contributed by atoms with Gasteiger partial charge in [0.15, 0.2) is 22.7 Å². The van der Waals surface area contributed by atoms with Crippen molar-refractivity contribution in [3.8, 4) is 0 Å². The summed E-state index contributed by atoms with van der Waals surface area (Å²) >= 11 is 0. The van der Waals surface area contributed by atoms with Gasteiger partial charge in [0.1, 0.15) is 34.8 Å². The van der Waals surface area contributed by atoms with Gasteiger partial charge in [-0.05, 0) is 190 Å². The molecule has 10 aromatic rings. The Hall–Kier alpha value is -11.3. The van der Waals surface area contributed by atoms with Crippen LogP contribution in [-0.2, 0) is 65.1 Å². The number of hydrogen-bond donors (Lipinski definition) is 5. The number of alkyl halides is 4. The van der Waals surface area contributed by atoms with Gasteiger partial charge in [0, 0.05) is 130 Å². The molecule has 35 nitrogen and oxygen atoms in total. The molecule has 6 saturated heterocycles. The number of benzene rings is 2. The molecule has 5 amide bonds. The van der Waals surface area contributed by atoms with Crippen LogP contribution in [0.4, 0.5) is 40.6 Å². The van der Waals surface area contributed by atoms with Crippen LogP contribution >= 0.6 is 0 Å². The minimum absolute atomic E-state index is 0.00964. The lowest BCUT2D eigenvalue weighted by Crippen LogP contribution is -2.45. The third kappa shape index (κ3) is 20.7. The van der Waals surface area contributed by atoms with Gasteiger partial charge in [-0.15, -0.1) is 0 Å². The fourth-order valence-corrected chi connectivity index (χ4v) is 20.3. The number of morpholine rings is 2. The molecule has 6 aliphatic heterocycles. The molecule has 2 aliphatic carbocycles. The van der Waals surface area contributed by atoms with Crippen molar-refractivity contribution in [2.75, 3.05) is 99.5 Å². The molecule has 2 saturated carbocycles. The number of nitrogens with two attached hydrogens (primary N) is 1. The van der Waals surface area contributed by atoms with E-state index in [1.807, 2.05) is 76.2 Å². The number of para-hydroxylation sites is 2. The zero-order valence-electron chi connectivity index (χ0n) is 73.8. The highest BCUT2D eigenvalue weighted by atomic mass is 19.3. The molecule has 8 aliphatic rings. The van der Waals surface area contributed by atoms with Crippen molar-refractivity contribution in [3.05, 3.63) is 140 Å². The van der Waals surface area contributed by atoms with Crippen LogP contribution in [0, 0.1) is 11.8 Å². The smallest absolute Gasteiger partial charge is 0.341 e. The van der Waals surface area contributed by atoms with Gasteiger partial charge in [0.2, 0.25) is 23.6 Å². The van der Waals surface area contributed by atoms with Crippen molar-refractivity contribution in [2.45, 2.75) is 230 Å². The number of aromatic nitrogens is 14. The number of amides is 5. The second-order valence-corrected chi connectivity index (χ2v) is 36.0. The number of carboxylic acid groups (broad SMARTS) is 1. The minimum atomic E-state index is -2.86. The van der Waals surface area contributed by atoms with Crippen LogP contribution in [0.3, 0.4) is 0 Å². The number of aryl methyl sites for hydroxylation is 4. The van der Waals surface area contributed by atoms with E-state index < -0.39 is 54.3 Å². The summed E-state index contributed by atoms with van der Waals surface area (Å²) in [6, 6.07) is 14.0. The SMILES string of the molecule is C[C@@H]1CN(c2ccn3ncc(C(=O)Nc4cn(C5CCC(CN6CCC(OCCCc7cccc8c7n(C)c(=O)n8C7CCC(=O)NC7=O)CC6)CC5)nc4C(F)F)c3n2)C[C@H](C)O1.C[C@@H]1CN(c2ccn3ncc(C(=O)O)c3n2)C[C@H](C)O1.Cn1c(=O)n(C2CCC(=O)NC2=O)c2cccc(CCCOC3CCN(CC4CCC(n5cc(N)c(C(F)F)n5)CC4)CC3)c21. The summed E-state index contributed by atoms with van der Waals surface area (Å²) in [4.78, 5) is 118. The Morgan fingerprint density at radius 2 is 0.969 bits per heavy atom. The van der Waals surface area contributed by atoms with E-state index in [1.165, 1.54) is 30.6 Å². The number of fused-ring (bicyclic) bond motifs is 4. The molecule has 39 heteroatoms. The van der Waals surface area contributed by atoms with E-state index in [4.69, 9.17) is 34.8 Å². The van der Waals surface area contributed by atoms with Gasteiger partial charge < -0.3 is 54.7 Å². The Morgan fingerprint density at radius 1 is 0.550 bits per heavy atom. The molecular weight excluding hydrogens is 1670 g/mol. The van der Waals surface area contributed by atoms with E-state index in [9.17, 15) is 55.9 Å². The van der Waals surface area contributed by atoms with Gasteiger partial charge >= 0.3 is 17.3 Å². The van der Waals surface area contributed by atoms with Gasteiger partial charge in [-0.25, -0.2) is 50.9 Å². The number of anilines is 4. The predicted octanol–water partition coefficient (Wildman–Crippen LogP) is 10.1. The first-order valence-electron chi connectivity index (χ1n) is 45.4. The quantitative estimate of drug-likeness (QED) is 0.0202. The minimum Gasteiger partial charge on any atom is -0.477 e. The van der Waals surface area contributed by atoms with Crippen LogP contribution in [-0.4, -0.2) is 233 Å². The number of imide groups is 2. The molecule has 129 heavy (non-hydrogen) atoms. The fraction of sp³-hybridized carbons (Fsp3) is 0.578. The van der Waals surface area contributed by atoms with Crippen molar-refractivity contribution < 1.29 is 70.4 Å². The standard InChI is InChI=1S/C45H57F2N11O6.C32H43F2N7O4.C13H16N4O3/c1-27-23-55(24-28(2)64-27)37-17-20-56-42(50-37)33(22-48-56)43(60)49-34-26-57(52-39(34)41(46)47)31-11-9-29(10-12-31)25-54-18-15-32(16-19-54)63-21-5-7-30-6-4-8-35-40(30)53(3)45(62)58(35)36-13-14-38(59)51-44(36)61;1-38-29-21(4-2-6-25(29)41(32(38)44)26-11-12-27(42)36-31(26)43)5-3-17-45-23-13-15-39(16-14-23)18-20-7-9-22(10-8-20)40-19-24(35)28(37-40)30(33)34;1-8-6-16(7-9(2)20-8)11-3-4-17-12(15-11)10(5-14-17)13(18)19/h4,6,8,17,20,22,26-29,31-32,36,41H,5,7,9-16,18-19,21,23-25H2,1-3H3,(H,49,60)(H,51,59,61);2,4,6,19-20,22-23,26,30H,3,5,7-18,35H2,1H3,(H,36,42,43);3-5,8-9H,6-7H2,1-2H3,(H,18,19)/t27-,28+,29?,31?,36?;;8-,9+. The Kier molecular flexibility index (Phi) is 28.2. The van der Waals surface area contributed by atoms with E-state index in [1.54, 1.807) is 57.4 Å². The normalized spacial score (nSPS) is 23.8. The number of likely N-dealkylation sites (tertiary alicyclic amines) is 2. The average Bonchev–Trinajstić information content (AvgIpc) is 1.62. The number of hydrogen-bond acceptors (Lipinski definition) is 23. The summed E-state index contributed by atoms with van der Waals surface area (Å²) in [6.07, 6.45) is 20.0. The lowest BCUT2D eigenvalue weighted by molar-refractivity contribution is -0.137. The summed E-state index contributed by atoms with van der Waals surface area (Å²) < 4.78 is 91.4. The number of imidazole rings is 2. The fourth-order valence-electron chi connectivity index (χ4n) is 20.3. The largest absolute Gasteiger partial charge is 0.477 e. The Morgan fingerprint density at radius 3 is 1.39 bits per heavy atom. The van der Waals surface area contributed by atoms with E-state index >= 15 is 0 Å². The number of carbonyl (C=O) groups is 6. The zero-order chi connectivity index (χ0) is 90.6. The van der Waals surface area contributed by atoms with Crippen molar-refractivity contribution in [3.63, 3.8) is 0 Å². The van der Waals surface area contributed by atoms with Crippen LogP contribution in [0.5, 0.6) is 0 Å². The molecule has 6 atom stereocenters. The van der Waals surface area contributed by atoms with Crippen molar-refractivity contribution in [1.29, 1.82) is 0 Å². The van der Waals surface area contributed by atoms with Crippen LogP contribution in [0.15, 0.2) is 95.3 Å². The lowest BCUT2D eigenvalue weighted by atomic mass is 9.85. The number of piperidine rings is 4. The number of halogens is 4. The first kappa shape index (κ1) is 91.1. The van der Waals surface area contributed by atoms with E-state index in [0.717, 1.165) is 183 Å². The molecule has 6 N–H and O–H groups in total. The van der Waals surface area contributed by atoms with E-state index in [-0.39, 0.29) is 113 Å². The molecule has 692 valence electrons.